The molecule has 0 unspecified atom stereocenters. The highest BCUT2D eigenvalue weighted by atomic mass is 32.1. The summed E-state index contributed by atoms with van der Waals surface area (Å²) < 4.78 is 32.1. The summed E-state index contributed by atoms with van der Waals surface area (Å²) in [5, 5.41) is 8.25. The first-order valence-electron chi connectivity index (χ1n) is 13.2. The lowest BCUT2D eigenvalue weighted by molar-refractivity contribution is 0.636. The summed E-state index contributed by atoms with van der Waals surface area (Å²) in [5.74, 6) is 0.0861. The van der Waals surface area contributed by atoms with E-state index in [0.717, 1.165) is 45.2 Å². The molecule has 9 heteroatoms. The zero-order valence-electron chi connectivity index (χ0n) is 22.8. The van der Waals surface area contributed by atoms with Crippen molar-refractivity contribution in [3.05, 3.63) is 104 Å². The number of rotatable bonds is 5. The van der Waals surface area contributed by atoms with Crippen molar-refractivity contribution in [2.75, 3.05) is 0 Å². The molecule has 3 heterocycles. The van der Waals surface area contributed by atoms with Crippen LogP contribution in [-0.2, 0) is 13.5 Å². The molecule has 0 amide bonds. The molecule has 0 saturated carbocycles. The van der Waals surface area contributed by atoms with Crippen LogP contribution in [0, 0.1) is 10.9 Å². The number of halogens is 2. The van der Waals surface area contributed by atoms with Gasteiger partial charge in [0.15, 0.2) is 11.0 Å². The molecule has 40 heavy (non-hydrogen) atoms. The number of benzene rings is 1. The van der Waals surface area contributed by atoms with Gasteiger partial charge in [0.2, 0.25) is 0 Å². The fourth-order valence-electron chi connectivity index (χ4n) is 5.23. The number of nitrogens with one attached hydrogen (secondary N) is 2. The van der Waals surface area contributed by atoms with Crippen molar-refractivity contribution in [2.45, 2.75) is 39.7 Å². The van der Waals surface area contributed by atoms with Gasteiger partial charge in [-0.25, -0.2) is 9.37 Å². The summed E-state index contributed by atoms with van der Waals surface area (Å²) in [5.41, 5.74) is 13.6. The van der Waals surface area contributed by atoms with Crippen molar-refractivity contribution in [3.63, 3.8) is 0 Å². The van der Waals surface area contributed by atoms with Crippen LogP contribution in [0.2, 0.25) is 0 Å². The zero-order chi connectivity index (χ0) is 28.1. The van der Waals surface area contributed by atoms with Crippen molar-refractivity contribution in [2.24, 2.45) is 12.8 Å². The topological polar surface area (TPSA) is 84.6 Å². The third kappa shape index (κ3) is 4.70. The molecule has 0 radical (unpaired) electrons. The number of hydrogen-bond donors (Lipinski definition) is 3. The Morgan fingerprint density at radius 3 is 2.67 bits per heavy atom. The Hall–Kier alpha value is -4.24. The van der Waals surface area contributed by atoms with E-state index >= 15 is 4.39 Å². The third-order valence-corrected chi connectivity index (χ3v) is 7.93. The average molecular weight is 557 g/mol. The number of aromatic amines is 1. The molecular formula is C31H30F2N6S. The summed E-state index contributed by atoms with van der Waals surface area (Å²) in [7, 11) is 1.79. The minimum Gasteiger partial charge on any atom is -0.402 e. The summed E-state index contributed by atoms with van der Waals surface area (Å²) in [6, 6.07) is 7.12. The van der Waals surface area contributed by atoms with Crippen LogP contribution in [0.3, 0.4) is 0 Å². The van der Waals surface area contributed by atoms with Crippen LogP contribution in [0.15, 0.2) is 71.6 Å². The minimum atomic E-state index is -0.353. The fourth-order valence-corrected chi connectivity index (χ4v) is 5.99. The molecule has 0 saturated heterocycles. The maximum Gasteiger partial charge on any atom is 0.176 e. The lowest BCUT2D eigenvalue weighted by atomic mass is 10.00. The first-order valence-corrected chi connectivity index (χ1v) is 14.0. The van der Waals surface area contributed by atoms with Crippen LogP contribution in [0.25, 0.3) is 33.6 Å². The van der Waals surface area contributed by atoms with Gasteiger partial charge < -0.3 is 16.0 Å². The number of aryl methyl sites for hydroxylation is 1. The highest BCUT2D eigenvalue weighted by Crippen LogP contribution is 2.37. The van der Waals surface area contributed by atoms with Crippen molar-refractivity contribution in [1.29, 1.82) is 0 Å². The molecule has 0 atom stereocenters. The van der Waals surface area contributed by atoms with E-state index in [2.05, 4.69) is 48.3 Å². The molecule has 204 valence electrons. The number of thiophene rings is 1. The SMILES string of the molecule is CC1=CC(NC(C)C)=CC(c2ccc3c(c(-c4nc5c([nH]4)CC(N)=CC=C5c4ccc(F)s4)nn3C)c2F)=CC1. The molecular weight excluding hydrogens is 526 g/mol. The van der Waals surface area contributed by atoms with Crippen LogP contribution in [0.5, 0.6) is 0 Å². The number of nitrogens with two attached hydrogens (primary N) is 1. The number of nitrogens with zero attached hydrogens (tertiary/aromatic N) is 3. The number of aromatic nitrogens is 4. The standard InChI is InChI=1S/C31H30F2N6S/c1-16(2)35-20-13-17(3)5-6-18(14-20)21-9-10-24-27(28(21)33)30(38-39(24)4)31-36-23-15-19(34)7-8-22(29(23)37-31)25-11-12-26(32)40-25/h6-14,16,35H,5,15,34H2,1-4H3,(H,36,37). The number of fused-ring (bicyclic) bond motifs is 2. The molecule has 0 spiro atoms. The van der Waals surface area contributed by atoms with Crippen LogP contribution in [-0.4, -0.2) is 25.8 Å². The maximum absolute atomic E-state index is 16.5. The van der Waals surface area contributed by atoms with Gasteiger partial charge in [0.1, 0.15) is 11.5 Å². The van der Waals surface area contributed by atoms with Gasteiger partial charge in [-0.3, -0.25) is 4.68 Å². The van der Waals surface area contributed by atoms with Crippen molar-refractivity contribution >= 4 is 33.4 Å². The number of allylic oxidation sites excluding steroid dienone is 8. The summed E-state index contributed by atoms with van der Waals surface area (Å²) in [6.07, 6.45) is 11.0. The predicted molar refractivity (Wildman–Crippen MR) is 158 cm³/mol. The monoisotopic (exact) mass is 556 g/mol. The van der Waals surface area contributed by atoms with E-state index < -0.39 is 0 Å². The van der Waals surface area contributed by atoms with Gasteiger partial charge in [-0.2, -0.15) is 9.49 Å². The Morgan fingerprint density at radius 1 is 1.10 bits per heavy atom. The van der Waals surface area contributed by atoms with E-state index in [0.29, 0.717) is 45.8 Å². The lowest BCUT2D eigenvalue weighted by Crippen LogP contribution is -2.21. The fraction of sp³-hybridized carbons (Fsp3) is 0.226. The second-order valence-electron chi connectivity index (χ2n) is 10.6. The molecule has 6 nitrogen and oxygen atoms in total. The molecule has 0 aliphatic heterocycles. The summed E-state index contributed by atoms with van der Waals surface area (Å²) in [6.45, 7) is 6.23. The average Bonchev–Trinajstić information content (AvgIpc) is 3.53. The Bertz CT molecular complexity index is 1810. The Kier molecular flexibility index (Phi) is 6.54. The quantitative estimate of drug-likeness (QED) is 0.254. The Balaban J connectivity index is 1.49. The Morgan fingerprint density at radius 2 is 1.93 bits per heavy atom. The van der Waals surface area contributed by atoms with Gasteiger partial charge in [-0.05, 0) is 81.3 Å². The van der Waals surface area contributed by atoms with Crippen LogP contribution in [0.1, 0.15) is 49.0 Å². The third-order valence-electron chi connectivity index (χ3n) is 7.02. The zero-order valence-corrected chi connectivity index (χ0v) is 23.6. The molecule has 0 bridgehead atoms. The second-order valence-corrected chi connectivity index (χ2v) is 11.6. The van der Waals surface area contributed by atoms with Gasteiger partial charge >= 0.3 is 0 Å². The first-order chi connectivity index (χ1) is 19.2. The van der Waals surface area contributed by atoms with Crippen molar-refractivity contribution < 1.29 is 8.78 Å². The second kappa shape index (κ2) is 10.1. The van der Waals surface area contributed by atoms with E-state index in [4.69, 9.17) is 10.7 Å². The molecule has 3 aromatic heterocycles. The molecule has 1 aromatic carbocycles. The largest absolute Gasteiger partial charge is 0.402 e. The minimum absolute atomic E-state index is 0.245. The van der Waals surface area contributed by atoms with E-state index in [9.17, 15) is 4.39 Å². The van der Waals surface area contributed by atoms with Crippen LogP contribution >= 0.6 is 11.3 Å². The number of hydrogen-bond acceptors (Lipinski definition) is 5. The molecule has 0 fully saturated rings. The van der Waals surface area contributed by atoms with Gasteiger partial charge in [0.05, 0.1) is 16.6 Å². The van der Waals surface area contributed by atoms with Crippen molar-refractivity contribution in [1.82, 2.24) is 25.1 Å². The smallest absolute Gasteiger partial charge is 0.176 e. The summed E-state index contributed by atoms with van der Waals surface area (Å²) in [4.78, 5) is 8.98. The van der Waals surface area contributed by atoms with E-state index in [-0.39, 0.29) is 17.0 Å². The first kappa shape index (κ1) is 26.0. The summed E-state index contributed by atoms with van der Waals surface area (Å²) >= 11 is 1.05. The molecule has 6 rings (SSSR count). The van der Waals surface area contributed by atoms with E-state index in [1.165, 1.54) is 11.6 Å². The molecule has 4 N–H and O–H groups in total. The van der Waals surface area contributed by atoms with Gasteiger partial charge in [-0.1, -0.05) is 11.6 Å². The van der Waals surface area contributed by atoms with E-state index in [1.54, 1.807) is 17.8 Å². The van der Waals surface area contributed by atoms with Crippen LogP contribution in [0.4, 0.5) is 8.78 Å². The maximum atomic E-state index is 16.5. The van der Waals surface area contributed by atoms with Gasteiger partial charge in [0.25, 0.3) is 0 Å². The van der Waals surface area contributed by atoms with Gasteiger partial charge in [-0.15, -0.1) is 11.3 Å². The predicted octanol–water partition coefficient (Wildman–Crippen LogP) is 6.75. The van der Waals surface area contributed by atoms with Crippen LogP contribution < -0.4 is 11.1 Å². The van der Waals surface area contributed by atoms with E-state index in [1.807, 2.05) is 30.4 Å². The lowest BCUT2D eigenvalue weighted by Gasteiger charge is -2.12. The highest BCUT2D eigenvalue weighted by molar-refractivity contribution is 7.11. The molecule has 2 aliphatic carbocycles. The number of imidazole rings is 1. The highest BCUT2D eigenvalue weighted by Gasteiger charge is 2.25. The molecule has 4 aromatic rings. The molecule has 2 aliphatic rings. The number of H-pyrrole nitrogens is 1. The normalized spacial score (nSPS) is 15.6. The Labute approximate surface area is 235 Å². The van der Waals surface area contributed by atoms with Gasteiger partial charge in [0, 0.05) is 52.6 Å². The van der Waals surface area contributed by atoms with Crippen molar-refractivity contribution in [3.8, 4) is 11.5 Å².